The van der Waals surface area contributed by atoms with Crippen molar-refractivity contribution in [2.24, 2.45) is 5.92 Å². The molecule has 1 saturated heterocycles. The summed E-state index contributed by atoms with van der Waals surface area (Å²) in [7, 11) is 0. The summed E-state index contributed by atoms with van der Waals surface area (Å²) in [5.41, 5.74) is 7.43. The fourth-order valence-electron chi connectivity index (χ4n) is 5.69. The van der Waals surface area contributed by atoms with Crippen molar-refractivity contribution in [2.75, 3.05) is 13.1 Å². The lowest BCUT2D eigenvalue weighted by atomic mass is 9.97. The van der Waals surface area contributed by atoms with Crippen LogP contribution in [0.15, 0.2) is 79.1 Å². The second-order valence-electron chi connectivity index (χ2n) is 10.6. The van der Waals surface area contributed by atoms with Crippen molar-refractivity contribution in [3.05, 3.63) is 112 Å². The maximum Gasteiger partial charge on any atom is 0.142 e. The summed E-state index contributed by atoms with van der Waals surface area (Å²) < 4.78 is 12.9. The first-order valence-corrected chi connectivity index (χ1v) is 13.8. The smallest absolute Gasteiger partial charge is 0.142 e. The van der Waals surface area contributed by atoms with E-state index in [1.807, 2.05) is 18.2 Å². The van der Waals surface area contributed by atoms with E-state index in [2.05, 4.69) is 65.3 Å². The van der Waals surface area contributed by atoms with E-state index in [0.717, 1.165) is 49.4 Å². The lowest BCUT2D eigenvalue weighted by Gasteiger charge is -2.37. The summed E-state index contributed by atoms with van der Waals surface area (Å²) in [6, 6.07) is 24.8. The van der Waals surface area contributed by atoms with Crippen molar-refractivity contribution in [2.45, 2.75) is 39.0 Å². The van der Waals surface area contributed by atoms with Gasteiger partial charge in [-0.25, -0.2) is 0 Å². The van der Waals surface area contributed by atoms with Crippen molar-refractivity contribution >= 4 is 11.6 Å². The van der Waals surface area contributed by atoms with Crippen LogP contribution < -0.4 is 9.47 Å². The first kappa shape index (κ1) is 25.4. The molecule has 6 rings (SSSR count). The Kier molecular flexibility index (Phi) is 7.24. The van der Waals surface area contributed by atoms with Gasteiger partial charge >= 0.3 is 0 Å². The van der Waals surface area contributed by atoms with Gasteiger partial charge in [0.1, 0.15) is 30.3 Å². The van der Waals surface area contributed by atoms with Crippen LogP contribution in [0.1, 0.15) is 47.3 Å². The third kappa shape index (κ3) is 5.49. The van der Waals surface area contributed by atoms with Crippen LogP contribution in [0.2, 0.25) is 5.02 Å². The fraction of sp³-hybridized carbons (Fsp3) is 0.273. The van der Waals surface area contributed by atoms with Gasteiger partial charge in [0, 0.05) is 49.2 Å². The molecular formula is C33H30ClN3O2. The number of rotatable bonds is 8. The minimum absolute atomic E-state index is 0.0763. The Labute approximate surface area is 234 Å². The number of hydrogen-bond donors (Lipinski definition) is 0. The number of nitriles is 1. The van der Waals surface area contributed by atoms with Crippen molar-refractivity contribution in [3.63, 3.8) is 0 Å². The molecule has 1 aromatic heterocycles. The Bertz CT molecular complexity index is 1530. The SMILES string of the molecule is CC1CN(Cc2cc(Cl)c(OC3CCc4c(-c5ccccc5)cccc43)cc2OCc2cncc(C#N)c2)C1. The number of nitrogens with zero attached hydrogens (tertiary/aromatic N) is 3. The van der Waals surface area contributed by atoms with Gasteiger partial charge in [0.25, 0.3) is 0 Å². The molecule has 196 valence electrons. The molecule has 6 heteroatoms. The minimum atomic E-state index is -0.0763. The van der Waals surface area contributed by atoms with Gasteiger partial charge in [-0.3, -0.25) is 9.88 Å². The second-order valence-corrected chi connectivity index (χ2v) is 11.0. The highest BCUT2D eigenvalue weighted by atomic mass is 35.5. The Hall–Kier alpha value is -3.85. The highest BCUT2D eigenvalue weighted by Crippen LogP contribution is 2.43. The third-order valence-corrected chi connectivity index (χ3v) is 7.83. The molecule has 3 aromatic carbocycles. The van der Waals surface area contributed by atoms with E-state index >= 15 is 0 Å². The Morgan fingerprint density at radius 1 is 1.03 bits per heavy atom. The molecule has 1 unspecified atom stereocenters. The van der Waals surface area contributed by atoms with Crippen molar-refractivity contribution in [1.29, 1.82) is 5.26 Å². The molecule has 1 atom stereocenters. The van der Waals surface area contributed by atoms with Crippen molar-refractivity contribution < 1.29 is 9.47 Å². The van der Waals surface area contributed by atoms with Crippen LogP contribution >= 0.6 is 11.6 Å². The van der Waals surface area contributed by atoms with Gasteiger partial charge in [0.15, 0.2) is 0 Å². The van der Waals surface area contributed by atoms with Crippen molar-refractivity contribution in [1.82, 2.24) is 9.88 Å². The normalized spacial score (nSPS) is 16.8. The molecule has 0 radical (unpaired) electrons. The molecule has 1 aliphatic heterocycles. The van der Waals surface area contributed by atoms with E-state index in [-0.39, 0.29) is 6.10 Å². The maximum atomic E-state index is 9.23. The summed E-state index contributed by atoms with van der Waals surface area (Å²) in [5.74, 6) is 2.07. The van der Waals surface area contributed by atoms with E-state index in [9.17, 15) is 5.26 Å². The first-order chi connectivity index (χ1) is 19.1. The molecule has 5 nitrogen and oxygen atoms in total. The Balaban J connectivity index is 1.27. The van der Waals surface area contributed by atoms with Gasteiger partial charge in [-0.1, -0.05) is 67.1 Å². The summed E-state index contributed by atoms with van der Waals surface area (Å²) in [6.45, 7) is 5.45. The lowest BCUT2D eigenvalue weighted by molar-refractivity contribution is 0.103. The number of aromatic nitrogens is 1. The van der Waals surface area contributed by atoms with Gasteiger partial charge in [0.05, 0.1) is 10.6 Å². The maximum absolute atomic E-state index is 9.23. The molecule has 0 N–H and O–H groups in total. The molecule has 1 aliphatic carbocycles. The number of hydrogen-bond acceptors (Lipinski definition) is 5. The average molecular weight is 536 g/mol. The number of likely N-dealkylation sites (tertiary alicyclic amines) is 1. The summed E-state index contributed by atoms with van der Waals surface area (Å²) in [4.78, 5) is 6.55. The van der Waals surface area contributed by atoms with Crippen LogP contribution in [0.3, 0.4) is 0 Å². The highest BCUT2D eigenvalue weighted by Gasteiger charge is 2.28. The lowest BCUT2D eigenvalue weighted by Crippen LogP contribution is -2.44. The number of benzene rings is 3. The third-order valence-electron chi connectivity index (χ3n) is 7.54. The quantitative estimate of drug-likeness (QED) is 0.236. The van der Waals surface area contributed by atoms with Gasteiger partial charge in [-0.05, 0) is 53.1 Å². The molecule has 0 bridgehead atoms. The average Bonchev–Trinajstić information content (AvgIpc) is 3.36. The second kappa shape index (κ2) is 11.1. The summed E-state index contributed by atoms with van der Waals surface area (Å²) in [6.07, 6.45) is 5.06. The van der Waals surface area contributed by atoms with E-state index in [1.54, 1.807) is 18.5 Å². The molecule has 0 saturated carbocycles. The molecule has 2 heterocycles. The summed E-state index contributed by atoms with van der Waals surface area (Å²) >= 11 is 6.82. The standard InChI is InChI=1S/C33H30ClN3O2/c1-22-18-37(19-22)20-26-13-30(34)33(14-32(26)38-21-24-12-23(15-35)16-36-17-24)39-31-11-10-28-27(8-5-9-29(28)31)25-6-3-2-4-7-25/h2-9,12-14,16-17,22,31H,10-11,18-21H2,1H3. The van der Waals surface area contributed by atoms with Crippen LogP contribution in [0.4, 0.5) is 0 Å². The van der Waals surface area contributed by atoms with E-state index in [1.165, 1.54) is 22.3 Å². The zero-order chi connectivity index (χ0) is 26.8. The van der Waals surface area contributed by atoms with E-state index in [4.69, 9.17) is 21.1 Å². The molecular weight excluding hydrogens is 506 g/mol. The van der Waals surface area contributed by atoms with Crippen LogP contribution in [0, 0.1) is 17.2 Å². The first-order valence-electron chi connectivity index (χ1n) is 13.4. The predicted molar refractivity (Wildman–Crippen MR) is 153 cm³/mol. The predicted octanol–water partition coefficient (Wildman–Crippen LogP) is 7.37. The zero-order valence-electron chi connectivity index (χ0n) is 21.9. The van der Waals surface area contributed by atoms with E-state index in [0.29, 0.717) is 28.9 Å². The highest BCUT2D eigenvalue weighted by molar-refractivity contribution is 6.32. The van der Waals surface area contributed by atoms with Crippen LogP contribution in [0.5, 0.6) is 11.5 Å². The van der Waals surface area contributed by atoms with Crippen LogP contribution in [-0.4, -0.2) is 23.0 Å². The number of halogens is 1. The topological polar surface area (TPSA) is 58.4 Å². The number of pyridine rings is 1. The van der Waals surface area contributed by atoms with Crippen LogP contribution in [0.25, 0.3) is 11.1 Å². The summed E-state index contributed by atoms with van der Waals surface area (Å²) in [5, 5.41) is 9.82. The number of fused-ring (bicyclic) bond motifs is 1. The monoisotopic (exact) mass is 535 g/mol. The Morgan fingerprint density at radius 2 is 1.87 bits per heavy atom. The molecule has 2 aliphatic rings. The van der Waals surface area contributed by atoms with Gasteiger partial charge in [0.2, 0.25) is 0 Å². The Morgan fingerprint density at radius 3 is 2.67 bits per heavy atom. The van der Waals surface area contributed by atoms with Gasteiger partial charge < -0.3 is 9.47 Å². The molecule has 0 spiro atoms. The molecule has 0 amide bonds. The fourth-order valence-corrected chi connectivity index (χ4v) is 5.92. The largest absolute Gasteiger partial charge is 0.488 e. The van der Waals surface area contributed by atoms with Crippen molar-refractivity contribution in [3.8, 4) is 28.7 Å². The van der Waals surface area contributed by atoms with Gasteiger partial charge in [-0.15, -0.1) is 0 Å². The zero-order valence-corrected chi connectivity index (χ0v) is 22.7. The molecule has 39 heavy (non-hydrogen) atoms. The molecule has 1 fully saturated rings. The van der Waals surface area contributed by atoms with E-state index < -0.39 is 0 Å². The minimum Gasteiger partial charge on any atom is -0.488 e. The molecule has 4 aromatic rings. The number of ether oxygens (including phenoxy) is 2. The van der Waals surface area contributed by atoms with Gasteiger partial charge in [-0.2, -0.15) is 5.26 Å². The van der Waals surface area contributed by atoms with Crippen LogP contribution in [-0.2, 0) is 19.6 Å².